The third-order valence-electron chi connectivity index (χ3n) is 5.57. The van der Waals surface area contributed by atoms with Crippen LogP contribution in [0.25, 0.3) is 0 Å². The van der Waals surface area contributed by atoms with E-state index in [-0.39, 0.29) is 18.2 Å². The molecular formula is C21H31NO4. The van der Waals surface area contributed by atoms with Gasteiger partial charge in [0.15, 0.2) is 0 Å². The lowest BCUT2D eigenvalue weighted by atomic mass is 9.79. The molecule has 1 aromatic carbocycles. The second kappa shape index (κ2) is 6.45. The zero-order valence-electron chi connectivity index (χ0n) is 16.8. The van der Waals surface area contributed by atoms with E-state index in [1.807, 2.05) is 51.7 Å². The number of aliphatic hydroxyl groups is 1. The predicted octanol–water partition coefficient (Wildman–Crippen LogP) is 4.06. The lowest BCUT2D eigenvalue weighted by molar-refractivity contribution is -0.0625. The molecule has 0 aromatic heterocycles. The standard InChI is InChI=1S/C21H31NO4/c1-13-9-15(10-14(2)18(13)25-6)21(24)11-16-7-8-17(12-21)22(16)19(23)26-20(3,4)5/h9-10,16-17,24H,7-8,11-12H2,1-6H3. The Bertz CT molecular complexity index is 669. The van der Waals surface area contributed by atoms with E-state index >= 15 is 0 Å². The molecule has 2 heterocycles. The summed E-state index contributed by atoms with van der Waals surface area (Å²) in [5.74, 6) is 0.867. The van der Waals surface area contributed by atoms with Crippen molar-refractivity contribution in [3.8, 4) is 5.75 Å². The highest BCUT2D eigenvalue weighted by molar-refractivity contribution is 5.70. The van der Waals surface area contributed by atoms with Gasteiger partial charge in [-0.3, -0.25) is 0 Å². The number of benzene rings is 1. The van der Waals surface area contributed by atoms with Gasteiger partial charge in [0.2, 0.25) is 0 Å². The molecule has 2 aliphatic rings. The van der Waals surface area contributed by atoms with Crippen molar-refractivity contribution in [3.63, 3.8) is 0 Å². The van der Waals surface area contributed by atoms with Gasteiger partial charge in [-0.2, -0.15) is 0 Å². The van der Waals surface area contributed by atoms with Crippen molar-refractivity contribution < 1.29 is 19.4 Å². The van der Waals surface area contributed by atoms with Gasteiger partial charge in [-0.15, -0.1) is 0 Å². The van der Waals surface area contributed by atoms with E-state index in [0.29, 0.717) is 12.8 Å². The summed E-state index contributed by atoms with van der Waals surface area (Å²) in [6, 6.07) is 4.09. The highest BCUT2D eigenvalue weighted by Crippen LogP contribution is 2.47. The Morgan fingerprint density at radius 1 is 1.15 bits per heavy atom. The quantitative estimate of drug-likeness (QED) is 0.863. The second-order valence-corrected chi connectivity index (χ2v) is 8.86. The summed E-state index contributed by atoms with van der Waals surface area (Å²) >= 11 is 0. The minimum atomic E-state index is -0.911. The number of methoxy groups -OCH3 is 1. The Morgan fingerprint density at radius 2 is 1.65 bits per heavy atom. The molecule has 0 saturated carbocycles. The van der Waals surface area contributed by atoms with Crippen LogP contribution >= 0.6 is 0 Å². The zero-order valence-corrected chi connectivity index (χ0v) is 16.8. The molecule has 1 amide bonds. The summed E-state index contributed by atoms with van der Waals surface area (Å²) < 4.78 is 11.0. The molecule has 1 aromatic rings. The van der Waals surface area contributed by atoms with Crippen LogP contribution in [0.2, 0.25) is 0 Å². The number of hydrogen-bond donors (Lipinski definition) is 1. The van der Waals surface area contributed by atoms with Crippen LogP contribution in [-0.2, 0) is 10.3 Å². The number of rotatable bonds is 2. The molecule has 5 nitrogen and oxygen atoms in total. The van der Waals surface area contributed by atoms with Gasteiger partial charge in [0.05, 0.1) is 12.7 Å². The minimum absolute atomic E-state index is 0.0244. The van der Waals surface area contributed by atoms with Crippen LogP contribution in [0.4, 0.5) is 4.79 Å². The lowest BCUT2D eigenvalue weighted by Gasteiger charge is -2.44. The first-order valence-corrected chi connectivity index (χ1v) is 9.43. The minimum Gasteiger partial charge on any atom is -0.496 e. The second-order valence-electron chi connectivity index (χ2n) is 8.86. The molecule has 0 spiro atoms. The van der Waals surface area contributed by atoms with E-state index in [1.165, 1.54) is 0 Å². The smallest absolute Gasteiger partial charge is 0.410 e. The number of piperidine rings is 1. The Labute approximate surface area is 156 Å². The van der Waals surface area contributed by atoms with Crippen LogP contribution in [0, 0.1) is 13.8 Å². The summed E-state index contributed by atoms with van der Waals surface area (Å²) in [7, 11) is 1.67. The van der Waals surface area contributed by atoms with E-state index in [0.717, 1.165) is 35.3 Å². The van der Waals surface area contributed by atoms with Gasteiger partial charge in [-0.25, -0.2) is 4.79 Å². The topological polar surface area (TPSA) is 59.0 Å². The normalized spacial score (nSPS) is 28.2. The zero-order chi connectivity index (χ0) is 19.3. The number of carbonyl (C=O) groups is 1. The molecule has 2 saturated heterocycles. The Morgan fingerprint density at radius 3 is 2.08 bits per heavy atom. The van der Waals surface area contributed by atoms with Crippen molar-refractivity contribution in [2.24, 2.45) is 0 Å². The van der Waals surface area contributed by atoms with Crippen molar-refractivity contribution in [2.45, 2.75) is 83.6 Å². The summed E-state index contributed by atoms with van der Waals surface area (Å²) in [4.78, 5) is 14.5. The monoisotopic (exact) mass is 361 g/mol. The van der Waals surface area contributed by atoms with Gasteiger partial charge < -0.3 is 19.5 Å². The molecule has 0 aliphatic carbocycles. The van der Waals surface area contributed by atoms with Crippen molar-refractivity contribution >= 4 is 6.09 Å². The maximum absolute atomic E-state index is 12.6. The first kappa shape index (κ1) is 19.0. The molecule has 2 bridgehead atoms. The van der Waals surface area contributed by atoms with Crippen LogP contribution in [0.15, 0.2) is 12.1 Å². The molecule has 2 unspecified atom stereocenters. The van der Waals surface area contributed by atoms with Gasteiger partial charge in [0.1, 0.15) is 11.4 Å². The lowest BCUT2D eigenvalue weighted by Crippen LogP contribution is -2.53. The molecule has 3 rings (SSSR count). The number of amides is 1. The molecular weight excluding hydrogens is 330 g/mol. The number of carbonyl (C=O) groups excluding carboxylic acids is 1. The Hall–Kier alpha value is -1.75. The van der Waals surface area contributed by atoms with Crippen LogP contribution in [0.5, 0.6) is 5.75 Å². The van der Waals surface area contributed by atoms with E-state index < -0.39 is 11.2 Å². The molecule has 144 valence electrons. The van der Waals surface area contributed by atoms with E-state index in [9.17, 15) is 9.90 Å². The van der Waals surface area contributed by atoms with Crippen molar-refractivity contribution in [3.05, 3.63) is 28.8 Å². The third kappa shape index (κ3) is 3.41. The molecule has 2 atom stereocenters. The highest BCUT2D eigenvalue weighted by Gasteiger charge is 2.51. The maximum atomic E-state index is 12.6. The Balaban J connectivity index is 1.85. The average Bonchev–Trinajstić information content (AvgIpc) is 2.78. The first-order valence-electron chi connectivity index (χ1n) is 9.43. The molecule has 2 aliphatic heterocycles. The summed E-state index contributed by atoms with van der Waals surface area (Å²) in [5, 5.41) is 11.4. The van der Waals surface area contributed by atoms with Crippen molar-refractivity contribution in [1.29, 1.82) is 0 Å². The van der Waals surface area contributed by atoms with Crippen molar-refractivity contribution in [1.82, 2.24) is 4.90 Å². The van der Waals surface area contributed by atoms with Gasteiger partial charge in [-0.05, 0) is 76.3 Å². The number of hydrogen-bond acceptors (Lipinski definition) is 4. The Kier molecular flexibility index (Phi) is 4.72. The summed E-state index contributed by atoms with van der Waals surface area (Å²) in [5.41, 5.74) is 1.56. The fourth-order valence-corrected chi connectivity index (χ4v) is 4.61. The van der Waals surface area contributed by atoms with Crippen LogP contribution < -0.4 is 4.74 Å². The summed E-state index contributed by atoms with van der Waals surface area (Å²) in [6.45, 7) is 9.66. The van der Waals surface area contributed by atoms with E-state index in [4.69, 9.17) is 9.47 Å². The van der Waals surface area contributed by atoms with Gasteiger partial charge >= 0.3 is 6.09 Å². The third-order valence-corrected chi connectivity index (χ3v) is 5.57. The molecule has 0 radical (unpaired) electrons. The van der Waals surface area contributed by atoms with Gasteiger partial charge in [0, 0.05) is 24.9 Å². The van der Waals surface area contributed by atoms with Crippen LogP contribution in [-0.4, -0.2) is 40.9 Å². The molecule has 1 N–H and O–H groups in total. The van der Waals surface area contributed by atoms with E-state index in [1.54, 1.807) is 7.11 Å². The average molecular weight is 361 g/mol. The number of nitrogens with zero attached hydrogens (tertiary/aromatic N) is 1. The molecule has 2 fully saturated rings. The first-order chi connectivity index (χ1) is 12.0. The number of fused-ring (bicyclic) bond motifs is 2. The van der Waals surface area contributed by atoms with Crippen LogP contribution in [0.3, 0.4) is 0 Å². The molecule has 5 heteroatoms. The maximum Gasteiger partial charge on any atom is 0.410 e. The van der Waals surface area contributed by atoms with Crippen molar-refractivity contribution in [2.75, 3.05) is 7.11 Å². The van der Waals surface area contributed by atoms with Gasteiger partial charge in [0.25, 0.3) is 0 Å². The van der Waals surface area contributed by atoms with Crippen LogP contribution in [0.1, 0.15) is 63.1 Å². The highest BCUT2D eigenvalue weighted by atomic mass is 16.6. The fraction of sp³-hybridized carbons (Fsp3) is 0.667. The molecule has 26 heavy (non-hydrogen) atoms. The number of ether oxygens (including phenoxy) is 2. The SMILES string of the molecule is COc1c(C)cc(C2(O)CC3CCC(C2)N3C(=O)OC(C)(C)C)cc1C. The largest absolute Gasteiger partial charge is 0.496 e. The fourth-order valence-electron chi connectivity index (χ4n) is 4.61. The summed E-state index contributed by atoms with van der Waals surface area (Å²) in [6.07, 6.45) is 2.68. The number of aryl methyl sites for hydroxylation is 2. The predicted molar refractivity (Wildman–Crippen MR) is 100 cm³/mol. The van der Waals surface area contributed by atoms with Gasteiger partial charge in [-0.1, -0.05) is 0 Å². The van der Waals surface area contributed by atoms with E-state index in [2.05, 4.69) is 0 Å².